The van der Waals surface area contributed by atoms with Gasteiger partial charge in [-0.05, 0) is 97.8 Å². The first-order valence-electron chi connectivity index (χ1n) is 19.7. The van der Waals surface area contributed by atoms with Crippen molar-refractivity contribution in [2.75, 3.05) is 9.80 Å². The average molecular weight is 725 g/mol. The second-order valence-corrected chi connectivity index (χ2v) is 14.9. The summed E-state index contributed by atoms with van der Waals surface area (Å²) in [5, 5.41) is 0. The Morgan fingerprint density at radius 2 is 0.719 bits per heavy atom. The van der Waals surface area contributed by atoms with Gasteiger partial charge in [-0.2, -0.15) is 0 Å². The third-order valence-electron chi connectivity index (χ3n) is 11.7. The van der Waals surface area contributed by atoms with Crippen LogP contribution in [0.1, 0.15) is 0 Å². The highest BCUT2D eigenvalue weighted by atomic mass is 15.2. The summed E-state index contributed by atoms with van der Waals surface area (Å²) in [5.74, 6) is 0. The lowest BCUT2D eigenvalue weighted by atomic mass is 9.32. The zero-order valence-corrected chi connectivity index (χ0v) is 31.3. The molecule has 0 aromatic heterocycles. The standard InChI is InChI=1S/C54H37BN2/c1-5-18-38(19-6-1)42-26-15-27-44(36-42)56-49-31-16-29-46(41-24-11-4-12-25-41)53(49)55-47-35-34-43(39-20-7-2-8-21-39)37-52(47)57(51-33-17-32-50(56)54(51)55)48-30-14-13-28-45(48)40-22-9-3-10-23-40/h1-37H. The summed E-state index contributed by atoms with van der Waals surface area (Å²) < 4.78 is 0. The Balaban J connectivity index is 1.23. The number of anilines is 6. The van der Waals surface area contributed by atoms with E-state index in [2.05, 4.69) is 234 Å². The molecule has 2 heterocycles. The van der Waals surface area contributed by atoms with Crippen LogP contribution in [-0.4, -0.2) is 6.71 Å². The highest BCUT2D eigenvalue weighted by Gasteiger charge is 2.44. The maximum atomic E-state index is 2.54. The van der Waals surface area contributed by atoms with Crippen LogP contribution in [0.3, 0.4) is 0 Å². The Kier molecular flexibility index (Phi) is 7.96. The van der Waals surface area contributed by atoms with E-state index in [1.807, 2.05) is 0 Å². The molecule has 0 aliphatic carbocycles. The minimum atomic E-state index is -0.0175. The Bertz CT molecular complexity index is 2910. The Morgan fingerprint density at radius 1 is 0.263 bits per heavy atom. The van der Waals surface area contributed by atoms with Gasteiger partial charge in [-0.25, -0.2) is 0 Å². The molecule has 0 N–H and O–H groups in total. The van der Waals surface area contributed by atoms with E-state index >= 15 is 0 Å². The summed E-state index contributed by atoms with van der Waals surface area (Å²) in [6.07, 6.45) is 0. The maximum absolute atomic E-state index is 2.54. The molecule has 0 saturated carbocycles. The molecule has 9 aromatic rings. The van der Waals surface area contributed by atoms with E-state index in [1.165, 1.54) is 83.6 Å². The minimum absolute atomic E-state index is 0.0175. The van der Waals surface area contributed by atoms with Gasteiger partial charge in [-0.15, -0.1) is 0 Å². The maximum Gasteiger partial charge on any atom is 0.252 e. The summed E-state index contributed by atoms with van der Waals surface area (Å²) in [7, 11) is 0. The van der Waals surface area contributed by atoms with Crippen LogP contribution < -0.4 is 26.2 Å². The van der Waals surface area contributed by atoms with Gasteiger partial charge in [0.05, 0.1) is 5.69 Å². The van der Waals surface area contributed by atoms with Crippen molar-refractivity contribution in [1.29, 1.82) is 0 Å². The molecule has 0 radical (unpaired) electrons. The molecule has 0 atom stereocenters. The quantitative estimate of drug-likeness (QED) is 0.158. The van der Waals surface area contributed by atoms with Crippen molar-refractivity contribution in [1.82, 2.24) is 0 Å². The van der Waals surface area contributed by atoms with Crippen LogP contribution in [0.4, 0.5) is 34.1 Å². The van der Waals surface area contributed by atoms with Crippen LogP contribution in [-0.2, 0) is 0 Å². The fraction of sp³-hybridized carbons (Fsp3) is 0. The van der Waals surface area contributed by atoms with Gasteiger partial charge in [0, 0.05) is 34.0 Å². The molecule has 0 bridgehead atoms. The molecule has 0 amide bonds. The fourth-order valence-electron chi connectivity index (χ4n) is 9.18. The number of hydrogen-bond acceptors (Lipinski definition) is 2. The summed E-state index contributed by atoms with van der Waals surface area (Å²) >= 11 is 0. The molecule has 3 heteroatoms. The SMILES string of the molecule is c1ccc(-c2cccc(N3c4cccc(-c5ccccc5)c4B4c5ccc(-c6ccccc6)cc5N(c5ccccc5-c5ccccc5)c5cccc3c54)c2)cc1. The van der Waals surface area contributed by atoms with Gasteiger partial charge in [-0.3, -0.25) is 0 Å². The molecular formula is C54H37BN2. The lowest BCUT2D eigenvalue weighted by molar-refractivity contribution is 1.25. The molecule has 0 unspecified atom stereocenters. The van der Waals surface area contributed by atoms with Crippen LogP contribution in [0, 0.1) is 0 Å². The molecule has 2 aliphatic heterocycles. The fourth-order valence-corrected chi connectivity index (χ4v) is 9.18. The first kappa shape index (κ1) is 33.0. The molecule has 11 rings (SSSR count). The first-order chi connectivity index (χ1) is 28.3. The predicted octanol–water partition coefficient (Wildman–Crippen LogP) is 12.4. The summed E-state index contributed by atoms with van der Waals surface area (Å²) in [6, 6.07) is 82.0. The van der Waals surface area contributed by atoms with Gasteiger partial charge in [0.2, 0.25) is 0 Å². The number of benzene rings is 9. The van der Waals surface area contributed by atoms with Gasteiger partial charge >= 0.3 is 0 Å². The van der Waals surface area contributed by atoms with E-state index in [9.17, 15) is 0 Å². The van der Waals surface area contributed by atoms with Crippen LogP contribution in [0.25, 0.3) is 44.5 Å². The zero-order valence-electron chi connectivity index (χ0n) is 31.3. The van der Waals surface area contributed by atoms with Crippen LogP contribution in [0.5, 0.6) is 0 Å². The van der Waals surface area contributed by atoms with Crippen molar-refractivity contribution in [2.24, 2.45) is 0 Å². The van der Waals surface area contributed by atoms with Crippen molar-refractivity contribution >= 4 is 57.2 Å². The number of hydrogen-bond donors (Lipinski definition) is 0. The monoisotopic (exact) mass is 724 g/mol. The largest absolute Gasteiger partial charge is 0.311 e. The minimum Gasteiger partial charge on any atom is -0.311 e. The summed E-state index contributed by atoms with van der Waals surface area (Å²) in [6.45, 7) is -0.0175. The first-order valence-corrected chi connectivity index (χ1v) is 19.7. The molecule has 2 aliphatic rings. The Morgan fingerprint density at radius 3 is 1.39 bits per heavy atom. The van der Waals surface area contributed by atoms with E-state index in [0.717, 1.165) is 11.4 Å². The van der Waals surface area contributed by atoms with Crippen LogP contribution >= 0.6 is 0 Å². The van der Waals surface area contributed by atoms with Crippen molar-refractivity contribution in [3.05, 3.63) is 224 Å². The molecule has 0 spiro atoms. The third kappa shape index (κ3) is 5.51. The number of nitrogens with zero attached hydrogens (tertiary/aromatic N) is 2. The van der Waals surface area contributed by atoms with E-state index in [0.29, 0.717) is 0 Å². The van der Waals surface area contributed by atoms with Gasteiger partial charge in [0.1, 0.15) is 0 Å². The lowest BCUT2D eigenvalue weighted by Gasteiger charge is -2.45. The average Bonchev–Trinajstić information content (AvgIpc) is 3.30. The molecule has 0 saturated heterocycles. The molecule has 0 fully saturated rings. The van der Waals surface area contributed by atoms with E-state index < -0.39 is 0 Å². The van der Waals surface area contributed by atoms with Gasteiger partial charge in [0.15, 0.2) is 0 Å². The molecule has 2 nitrogen and oxygen atoms in total. The smallest absolute Gasteiger partial charge is 0.252 e. The van der Waals surface area contributed by atoms with Crippen LogP contribution in [0.15, 0.2) is 224 Å². The third-order valence-corrected chi connectivity index (χ3v) is 11.7. The molecule has 266 valence electrons. The summed E-state index contributed by atoms with van der Waals surface area (Å²) in [4.78, 5) is 5.04. The predicted molar refractivity (Wildman–Crippen MR) is 242 cm³/mol. The second-order valence-electron chi connectivity index (χ2n) is 14.9. The summed E-state index contributed by atoms with van der Waals surface area (Å²) in [5.41, 5.74) is 20.6. The number of fused-ring (bicyclic) bond motifs is 4. The highest BCUT2D eigenvalue weighted by molar-refractivity contribution is 7.01. The highest BCUT2D eigenvalue weighted by Crippen LogP contribution is 2.48. The number of para-hydroxylation sites is 1. The lowest BCUT2D eigenvalue weighted by Crippen LogP contribution is -2.61. The van der Waals surface area contributed by atoms with E-state index in [4.69, 9.17) is 0 Å². The molecule has 9 aromatic carbocycles. The van der Waals surface area contributed by atoms with Crippen molar-refractivity contribution in [2.45, 2.75) is 0 Å². The van der Waals surface area contributed by atoms with Gasteiger partial charge in [0.25, 0.3) is 6.71 Å². The molecular weight excluding hydrogens is 687 g/mol. The van der Waals surface area contributed by atoms with Gasteiger partial charge in [-0.1, -0.05) is 182 Å². The normalized spacial score (nSPS) is 12.5. The number of rotatable bonds is 6. The van der Waals surface area contributed by atoms with Crippen molar-refractivity contribution < 1.29 is 0 Å². The van der Waals surface area contributed by atoms with Crippen LogP contribution in [0.2, 0.25) is 0 Å². The van der Waals surface area contributed by atoms with E-state index in [-0.39, 0.29) is 6.71 Å². The Labute approximate surface area is 334 Å². The second kappa shape index (κ2) is 13.7. The zero-order chi connectivity index (χ0) is 37.7. The van der Waals surface area contributed by atoms with E-state index in [1.54, 1.807) is 0 Å². The topological polar surface area (TPSA) is 6.48 Å². The van der Waals surface area contributed by atoms with Crippen molar-refractivity contribution in [3.8, 4) is 44.5 Å². The molecule has 57 heavy (non-hydrogen) atoms. The van der Waals surface area contributed by atoms with Crippen molar-refractivity contribution in [3.63, 3.8) is 0 Å². The van der Waals surface area contributed by atoms with Gasteiger partial charge < -0.3 is 9.80 Å². The Hall–Kier alpha value is -7.36.